The first-order chi connectivity index (χ1) is 9.03. The van der Waals surface area contributed by atoms with E-state index in [2.05, 4.69) is 0 Å². The van der Waals surface area contributed by atoms with Crippen molar-refractivity contribution < 1.29 is 17.6 Å². The van der Waals surface area contributed by atoms with Gasteiger partial charge >= 0.3 is 6.18 Å². The minimum Gasteiger partial charge on any atom is -0.330 e. The summed E-state index contributed by atoms with van der Waals surface area (Å²) in [6.07, 6.45) is -4.54. The van der Waals surface area contributed by atoms with Crippen LogP contribution in [0, 0.1) is 11.2 Å². The van der Waals surface area contributed by atoms with E-state index in [-0.39, 0.29) is 12.0 Å². The maximum Gasteiger partial charge on any atom is 0.416 e. The topological polar surface area (TPSA) is 29.3 Å². The van der Waals surface area contributed by atoms with Gasteiger partial charge in [-0.3, -0.25) is 0 Å². The molecule has 1 aromatic carbocycles. The molecule has 2 nitrogen and oxygen atoms in total. The Morgan fingerprint density at radius 3 is 2.25 bits per heavy atom. The van der Waals surface area contributed by atoms with Crippen LogP contribution in [0.5, 0.6) is 0 Å². The van der Waals surface area contributed by atoms with Crippen molar-refractivity contribution in [3.63, 3.8) is 0 Å². The van der Waals surface area contributed by atoms with Crippen LogP contribution in [0.15, 0.2) is 18.2 Å². The fourth-order valence-electron chi connectivity index (χ4n) is 2.07. The predicted octanol–water partition coefficient (Wildman–Crippen LogP) is 3.26. The number of hydrogen-bond acceptors (Lipinski definition) is 2. The van der Waals surface area contributed by atoms with E-state index in [0.29, 0.717) is 24.7 Å². The van der Waals surface area contributed by atoms with Gasteiger partial charge in [0.25, 0.3) is 0 Å². The average molecular weight is 292 g/mol. The number of nitrogens with two attached hydrogens (primary N) is 1. The fraction of sp³-hybridized carbons (Fsp3) is 0.571. The van der Waals surface area contributed by atoms with Crippen molar-refractivity contribution in [1.82, 2.24) is 4.90 Å². The van der Waals surface area contributed by atoms with Gasteiger partial charge in [-0.25, -0.2) is 4.39 Å². The Kier molecular flexibility index (Phi) is 5.15. The molecular weight excluding hydrogens is 272 g/mol. The Hall–Kier alpha value is -1.14. The summed E-state index contributed by atoms with van der Waals surface area (Å²) in [5.41, 5.74) is 4.81. The maximum absolute atomic E-state index is 13.3. The highest BCUT2D eigenvalue weighted by Crippen LogP contribution is 2.30. The van der Waals surface area contributed by atoms with Crippen molar-refractivity contribution in [1.29, 1.82) is 0 Å². The summed E-state index contributed by atoms with van der Waals surface area (Å²) in [6.45, 7) is 5.26. The number of rotatable bonds is 5. The molecule has 1 aromatic rings. The molecule has 0 saturated heterocycles. The second-order valence-electron chi connectivity index (χ2n) is 5.89. The van der Waals surface area contributed by atoms with Crippen molar-refractivity contribution in [2.75, 3.05) is 20.1 Å². The van der Waals surface area contributed by atoms with E-state index in [1.807, 2.05) is 18.7 Å². The molecule has 0 spiro atoms. The predicted molar refractivity (Wildman–Crippen MR) is 70.6 cm³/mol. The van der Waals surface area contributed by atoms with Gasteiger partial charge in [0, 0.05) is 13.1 Å². The standard InChI is InChI=1S/C14H20F4N2/c1-13(2,8-19)9-20(3)7-10-4-11(14(16,17)18)6-12(15)5-10/h4-6H,7-9,19H2,1-3H3. The zero-order chi connectivity index (χ0) is 15.6. The number of hydrogen-bond donors (Lipinski definition) is 1. The van der Waals surface area contributed by atoms with E-state index < -0.39 is 17.6 Å². The van der Waals surface area contributed by atoms with E-state index >= 15 is 0 Å². The second-order valence-corrected chi connectivity index (χ2v) is 5.89. The van der Waals surface area contributed by atoms with Gasteiger partial charge in [-0.1, -0.05) is 13.8 Å². The highest BCUT2D eigenvalue weighted by Gasteiger charge is 2.31. The highest BCUT2D eigenvalue weighted by atomic mass is 19.4. The van der Waals surface area contributed by atoms with Crippen LogP contribution >= 0.6 is 0 Å². The Balaban J connectivity index is 2.85. The number of halogens is 4. The molecule has 0 atom stereocenters. The zero-order valence-corrected chi connectivity index (χ0v) is 11.9. The summed E-state index contributed by atoms with van der Waals surface area (Å²) >= 11 is 0. The molecule has 0 amide bonds. The van der Waals surface area contributed by atoms with Gasteiger partial charge in [-0.2, -0.15) is 13.2 Å². The van der Waals surface area contributed by atoms with Crippen LogP contribution in [0.25, 0.3) is 0 Å². The lowest BCUT2D eigenvalue weighted by Gasteiger charge is -2.29. The maximum atomic E-state index is 13.3. The Bertz CT molecular complexity index is 455. The number of benzene rings is 1. The molecule has 114 valence electrons. The third kappa shape index (κ3) is 5.09. The van der Waals surface area contributed by atoms with E-state index in [0.717, 1.165) is 12.1 Å². The number of alkyl halides is 3. The van der Waals surface area contributed by atoms with Crippen LogP contribution in [0.2, 0.25) is 0 Å². The molecule has 0 saturated carbocycles. The molecule has 0 fully saturated rings. The van der Waals surface area contributed by atoms with Crippen LogP contribution in [0.1, 0.15) is 25.0 Å². The van der Waals surface area contributed by atoms with Crippen LogP contribution < -0.4 is 5.73 Å². The first-order valence-corrected chi connectivity index (χ1v) is 6.29. The molecule has 0 aliphatic heterocycles. The summed E-state index contributed by atoms with van der Waals surface area (Å²) in [7, 11) is 1.77. The third-order valence-corrected chi connectivity index (χ3v) is 2.99. The van der Waals surface area contributed by atoms with Gasteiger partial charge in [0.05, 0.1) is 5.56 Å². The van der Waals surface area contributed by atoms with Gasteiger partial charge in [-0.15, -0.1) is 0 Å². The fourth-order valence-corrected chi connectivity index (χ4v) is 2.07. The molecule has 6 heteroatoms. The highest BCUT2D eigenvalue weighted by molar-refractivity contribution is 5.26. The second kappa shape index (κ2) is 6.10. The van der Waals surface area contributed by atoms with Crippen LogP contribution in [0.3, 0.4) is 0 Å². The normalized spacial score (nSPS) is 13.1. The van der Waals surface area contributed by atoms with E-state index in [9.17, 15) is 17.6 Å². The molecule has 0 aliphatic carbocycles. The van der Waals surface area contributed by atoms with E-state index in [1.165, 1.54) is 0 Å². The first-order valence-electron chi connectivity index (χ1n) is 6.29. The summed E-state index contributed by atoms with van der Waals surface area (Å²) < 4.78 is 51.1. The van der Waals surface area contributed by atoms with Gasteiger partial charge in [0.1, 0.15) is 5.82 Å². The van der Waals surface area contributed by atoms with Crippen LogP contribution in [0.4, 0.5) is 17.6 Å². The van der Waals surface area contributed by atoms with Gasteiger partial charge < -0.3 is 10.6 Å². The molecule has 0 aliphatic rings. The Labute approximate surface area is 116 Å². The third-order valence-electron chi connectivity index (χ3n) is 2.99. The molecule has 0 unspecified atom stereocenters. The SMILES string of the molecule is CN(Cc1cc(F)cc(C(F)(F)F)c1)CC(C)(C)CN. The summed E-state index contributed by atoms with van der Waals surface area (Å²) in [5.74, 6) is -0.874. The van der Waals surface area contributed by atoms with E-state index in [4.69, 9.17) is 5.73 Å². The summed E-state index contributed by atoms with van der Waals surface area (Å²) in [4.78, 5) is 1.84. The van der Waals surface area contributed by atoms with Crippen molar-refractivity contribution in [2.45, 2.75) is 26.6 Å². The van der Waals surface area contributed by atoms with Crippen LogP contribution in [-0.4, -0.2) is 25.0 Å². The van der Waals surface area contributed by atoms with Gasteiger partial charge in [0.2, 0.25) is 0 Å². The summed E-state index contributed by atoms with van der Waals surface area (Å²) in [6, 6.07) is 2.61. The molecule has 0 aromatic heterocycles. The lowest BCUT2D eigenvalue weighted by molar-refractivity contribution is -0.137. The lowest BCUT2D eigenvalue weighted by Crippen LogP contribution is -2.36. The molecule has 0 heterocycles. The molecule has 2 N–H and O–H groups in total. The van der Waals surface area contributed by atoms with Crippen LogP contribution in [-0.2, 0) is 12.7 Å². The van der Waals surface area contributed by atoms with E-state index in [1.54, 1.807) is 7.05 Å². The van der Waals surface area contributed by atoms with Gasteiger partial charge in [0.15, 0.2) is 0 Å². The molecule has 20 heavy (non-hydrogen) atoms. The smallest absolute Gasteiger partial charge is 0.330 e. The molecule has 1 rings (SSSR count). The van der Waals surface area contributed by atoms with Crippen molar-refractivity contribution in [3.8, 4) is 0 Å². The molecule has 0 radical (unpaired) electrons. The zero-order valence-electron chi connectivity index (χ0n) is 11.9. The van der Waals surface area contributed by atoms with Gasteiger partial charge in [-0.05, 0) is 42.8 Å². The minimum atomic E-state index is -4.54. The quantitative estimate of drug-likeness (QED) is 0.844. The Morgan fingerprint density at radius 1 is 1.15 bits per heavy atom. The Morgan fingerprint density at radius 2 is 1.75 bits per heavy atom. The first kappa shape index (κ1) is 16.9. The molecular formula is C14H20F4N2. The molecule has 0 bridgehead atoms. The lowest BCUT2D eigenvalue weighted by atomic mass is 9.93. The van der Waals surface area contributed by atoms with Crippen molar-refractivity contribution in [3.05, 3.63) is 35.1 Å². The van der Waals surface area contributed by atoms with Crippen molar-refractivity contribution in [2.24, 2.45) is 11.1 Å². The van der Waals surface area contributed by atoms with Crippen molar-refractivity contribution >= 4 is 0 Å². The number of nitrogens with zero attached hydrogens (tertiary/aromatic N) is 1. The average Bonchev–Trinajstić information content (AvgIpc) is 2.26. The minimum absolute atomic E-state index is 0.144. The largest absolute Gasteiger partial charge is 0.416 e. The monoisotopic (exact) mass is 292 g/mol. The summed E-state index contributed by atoms with van der Waals surface area (Å²) in [5, 5.41) is 0.